The topological polar surface area (TPSA) is 67.1 Å². The monoisotopic (exact) mass is 345 g/mol. The molecular weight excluding hydrogens is 330 g/mol. The second kappa shape index (κ2) is 5.07. The minimum absolute atomic E-state index is 0.0116. The van der Waals surface area contributed by atoms with Gasteiger partial charge in [-0.3, -0.25) is 4.79 Å². The van der Waals surface area contributed by atoms with Crippen molar-refractivity contribution in [2.24, 2.45) is 0 Å². The third-order valence-corrected chi connectivity index (χ3v) is 4.12. The lowest BCUT2D eigenvalue weighted by atomic mass is 10.1. The van der Waals surface area contributed by atoms with Crippen molar-refractivity contribution in [3.8, 4) is 0 Å². The average Bonchev–Trinajstić information content (AvgIpc) is 2.72. The number of rotatable bonds is 2. The molecule has 1 aliphatic rings. The van der Waals surface area contributed by atoms with E-state index >= 15 is 0 Å². The number of fused-ring (bicyclic) bond motifs is 1. The standard InChI is InChI=1S/C16H16BrN3O/c1-8-3-11(17)4-9(2)16(8)20-14-7-13-10(5-12(14)18)6-15(21)19-13/h3-5,7,20H,6,18H2,1-2H3,(H,19,21). The van der Waals surface area contributed by atoms with Gasteiger partial charge in [-0.25, -0.2) is 0 Å². The number of carbonyl (C=O) groups excluding carboxylic acids is 1. The molecule has 5 heteroatoms. The number of benzene rings is 2. The second-order valence-electron chi connectivity index (χ2n) is 5.36. The fourth-order valence-electron chi connectivity index (χ4n) is 2.64. The molecule has 0 radical (unpaired) electrons. The predicted molar refractivity (Wildman–Crippen MR) is 90.1 cm³/mol. The minimum atomic E-state index is 0.0116. The Morgan fingerprint density at radius 2 is 1.86 bits per heavy atom. The summed E-state index contributed by atoms with van der Waals surface area (Å²) in [5.41, 5.74) is 12.6. The van der Waals surface area contributed by atoms with Crippen LogP contribution in [0, 0.1) is 13.8 Å². The molecule has 1 heterocycles. The first-order valence-electron chi connectivity index (χ1n) is 6.70. The summed E-state index contributed by atoms with van der Waals surface area (Å²) in [6.07, 6.45) is 0.399. The van der Waals surface area contributed by atoms with Gasteiger partial charge in [-0.1, -0.05) is 15.9 Å². The lowest BCUT2D eigenvalue weighted by Gasteiger charge is -2.16. The van der Waals surface area contributed by atoms with E-state index in [0.717, 1.165) is 38.2 Å². The molecule has 1 aliphatic heterocycles. The Hall–Kier alpha value is -2.01. The van der Waals surface area contributed by atoms with E-state index in [1.54, 1.807) is 0 Å². The smallest absolute Gasteiger partial charge is 0.228 e. The third-order valence-electron chi connectivity index (χ3n) is 3.66. The summed E-state index contributed by atoms with van der Waals surface area (Å²) in [5.74, 6) is 0.0116. The van der Waals surface area contributed by atoms with Gasteiger partial charge in [-0.2, -0.15) is 0 Å². The third kappa shape index (κ3) is 2.61. The Morgan fingerprint density at radius 1 is 1.19 bits per heavy atom. The van der Waals surface area contributed by atoms with Gasteiger partial charge in [0.1, 0.15) is 0 Å². The number of hydrogen-bond acceptors (Lipinski definition) is 3. The zero-order valence-electron chi connectivity index (χ0n) is 11.9. The SMILES string of the molecule is Cc1cc(Br)cc(C)c1Nc1cc2c(cc1N)CC(=O)N2. The van der Waals surface area contributed by atoms with Crippen LogP contribution in [-0.4, -0.2) is 5.91 Å². The molecule has 21 heavy (non-hydrogen) atoms. The molecule has 0 atom stereocenters. The predicted octanol–water partition coefficient (Wildman–Crippen LogP) is 3.89. The van der Waals surface area contributed by atoms with Crippen molar-refractivity contribution >= 4 is 44.6 Å². The van der Waals surface area contributed by atoms with Crippen molar-refractivity contribution in [3.63, 3.8) is 0 Å². The zero-order chi connectivity index (χ0) is 15.1. The van der Waals surface area contributed by atoms with Crippen molar-refractivity contribution < 1.29 is 4.79 Å². The maximum Gasteiger partial charge on any atom is 0.228 e. The quantitative estimate of drug-likeness (QED) is 0.723. The molecule has 0 spiro atoms. The first-order chi connectivity index (χ1) is 9.94. The van der Waals surface area contributed by atoms with E-state index in [-0.39, 0.29) is 5.91 Å². The van der Waals surface area contributed by atoms with Gasteiger partial charge >= 0.3 is 0 Å². The molecule has 0 saturated carbocycles. The van der Waals surface area contributed by atoms with E-state index in [4.69, 9.17) is 5.73 Å². The van der Waals surface area contributed by atoms with Gasteiger partial charge in [-0.05, 0) is 54.8 Å². The maximum atomic E-state index is 11.4. The molecule has 0 aliphatic carbocycles. The number of halogens is 1. The Balaban J connectivity index is 2.00. The first-order valence-corrected chi connectivity index (χ1v) is 7.49. The van der Waals surface area contributed by atoms with Crippen LogP contribution >= 0.6 is 15.9 Å². The van der Waals surface area contributed by atoms with Gasteiger partial charge in [0.05, 0.1) is 17.8 Å². The largest absolute Gasteiger partial charge is 0.397 e. The van der Waals surface area contributed by atoms with Gasteiger partial charge in [0, 0.05) is 15.8 Å². The van der Waals surface area contributed by atoms with Crippen LogP contribution in [0.25, 0.3) is 0 Å². The lowest BCUT2D eigenvalue weighted by Crippen LogP contribution is -2.04. The van der Waals surface area contributed by atoms with Crippen molar-refractivity contribution in [3.05, 3.63) is 45.4 Å². The highest BCUT2D eigenvalue weighted by atomic mass is 79.9. The molecular formula is C16H16BrN3O. The number of anilines is 4. The van der Waals surface area contributed by atoms with Gasteiger partial charge in [0.25, 0.3) is 0 Å². The summed E-state index contributed by atoms with van der Waals surface area (Å²) < 4.78 is 1.05. The highest BCUT2D eigenvalue weighted by molar-refractivity contribution is 9.10. The van der Waals surface area contributed by atoms with Crippen molar-refractivity contribution in [1.29, 1.82) is 0 Å². The molecule has 0 aromatic heterocycles. The summed E-state index contributed by atoms with van der Waals surface area (Å²) in [7, 11) is 0. The normalized spacial score (nSPS) is 13.0. The molecule has 4 N–H and O–H groups in total. The fraction of sp³-hybridized carbons (Fsp3) is 0.188. The van der Waals surface area contributed by atoms with Gasteiger partial charge < -0.3 is 16.4 Å². The first kappa shape index (κ1) is 13.9. The summed E-state index contributed by atoms with van der Waals surface area (Å²) in [5, 5.41) is 6.23. The van der Waals surface area contributed by atoms with Crippen molar-refractivity contribution in [2.45, 2.75) is 20.3 Å². The summed E-state index contributed by atoms with van der Waals surface area (Å²) in [6.45, 7) is 4.09. The van der Waals surface area contributed by atoms with E-state index in [1.165, 1.54) is 0 Å². The molecule has 0 unspecified atom stereocenters. The van der Waals surface area contributed by atoms with Crippen molar-refractivity contribution in [1.82, 2.24) is 0 Å². The number of nitrogens with two attached hydrogens (primary N) is 1. The van der Waals surface area contributed by atoms with Crippen LogP contribution in [0.2, 0.25) is 0 Å². The number of amides is 1. The summed E-state index contributed by atoms with van der Waals surface area (Å²) in [4.78, 5) is 11.4. The summed E-state index contributed by atoms with van der Waals surface area (Å²) in [6, 6.07) is 7.87. The number of nitrogens with one attached hydrogen (secondary N) is 2. The van der Waals surface area contributed by atoms with E-state index in [2.05, 4.69) is 38.7 Å². The average molecular weight is 346 g/mol. The van der Waals surface area contributed by atoms with Crippen LogP contribution in [0.5, 0.6) is 0 Å². The van der Waals surface area contributed by atoms with Gasteiger partial charge in [0.15, 0.2) is 0 Å². The fourth-order valence-corrected chi connectivity index (χ4v) is 3.33. The number of aryl methyl sites for hydroxylation is 2. The Kier molecular flexibility index (Phi) is 3.37. The maximum absolute atomic E-state index is 11.4. The Morgan fingerprint density at radius 3 is 2.52 bits per heavy atom. The number of carbonyl (C=O) groups is 1. The van der Waals surface area contributed by atoms with Crippen LogP contribution < -0.4 is 16.4 Å². The van der Waals surface area contributed by atoms with Crippen LogP contribution in [0.15, 0.2) is 28.7 Å². The minimum Gasteiger partial charge on any atom is -0.397 e. The lowest BCUT2D eigenvalue weighted by molar-refractivity contribution is -0.115. The van der Waals surface area contributed by atoms with Crippen LogP contribution in [0.4, 0.5) is 22.7 Å². The van der Waals surface area contributed by atoms with Crippen LogP contribution in [-0.2, 0) is 11.2 Å². The van der Waals surface area contributed by atoms with Gasteiger partial charge in [0.2, 0.25) is 5.91 Å². The zero-order valence-corrected chi connectivity index (χ0v) is 13.5. The number of nitrogen functional groups attached to an aromatic ring is 1. The molecule has 1 amide bonds. The molecule has 2 aromatic carbocycles. The second-order valence-corrected chi connectivity index (χ2v) is 6.28. The Labute approximate surface area is 131 Å². The highest BCUT2D eigenvalue weighted by Crippen LogP contribution is 2.35. The molecule has 0 saturated heterocycles. The van der Waals surface area contributed by atoms with E-state index in [0.29, 0.717) is 12.1 Å². The molecule has 3 rings (SSSR count). The van der Waals surface area contributed by atoms with E-state index in [9.17, 15) is 4.79 Å². The molecule has 108 valence electrons. The molecule has 0 bridgehead atoms. The highest BCUT2D eigenvalue weighted by Gasteiger charge is 2.19. The van der Waals surface area contributed by atoms with Gasteiger partial charge in [-0.15, -0.1) is 0 Å². The Bertz CT molecular complexity index is 732. The van der Waals surface area contributed by atoms with Crippen LogP contribution in [0.3, 0.4) is 0 Å². The molecule has 0 fully saturated rings. The van der Waals surface area contributed by atoms with E-state index in [1.807, 2.05) is 26.0 Å². The molecule has 2 aromatic rings. The van der Waals surface area contributed by atoms with Crippen molar-refractivity contribution in [2.75, 3.05) is 16.4 Å². The summed E-state index contributed by atoms with van der Waals surface area (Å²) >= 11 is 3.49. The van der Waals surface area contributed by atoms with Crippen LogP contribution in [0.1, 0.15) is 16.7 Å². The van der Waals surface area contributed by atoms with E-state index < -0.39 is 0 Å². The molecule has 4 nitrogen and oxygen atoms in total. The number of hydrogen-bond donors (Lipinski definition) is 3.